The first-order chi connectivity index (χ1) is 10.3. The molecule has 4 aliphatic carbocycles. The van der Waals surface area contributed by atoms with E-state index in [0.29, 0.717) is 11.3 Å². The monoisotopic (exact) mass is 304 g/mol. The van der Waals surface area contributed by atoms with E-state index in [0.717, 1.165) is 37.5 Å². The molecule has 0 heterocycles. The molecule has 124 valence electrons. The molecule has 0 aliphatic heterocycles. The fourth-order valence-corrected chi connectivity index (χ4v) is 6.89. The average Bonchev–Trinajstić information content (AvgIpc) is 2.70. The minimum absolute atomic E-state index is 0.114. The normalized spacial score (nSPS) is 57.6. The number of hydrogen-bond acceptors (Lipinski definition) is 2. The van der Waals surface area contributed by atoms with Gasteiger partial charge in [0.25, 0.3) is 0 Å². The molecule has 0 spiro atoms. The smallest absolute Gasteiger partial charge is 0.0675 e. The van der Waals surface area contributed by atoms with Crippen LogP contribution in [0.1, 0.15) is 72.1 Å². The standard InChI is InChI=1S/C20H32O2/c1-18-9-6-14(21)12-13(18)4-5-15-16(18)7-10-19(2)17(15)8-11-20(19,3)22/h4,14-17,21-22H,5-12H2,1-3H3/t14-,15+,16+,17+,18-,19-,20?/m0/s1. The highest BCUT2D eigenvalue weighted by Gasteiger charge is 2.61. The molecule has 0 aromatic rings. The van der Waals surface area contributed by atoms with Crippen LogP contribution in [0, 0.1) is 28.6 Å². The van der Waals surface area contributed by atoms with Crippen LogP contribution in [0.4, 0.5) is 0 Å². The lowest BCUT2D eigenvalue weighted by Gasteiger charge is -2.58. The van der Waals surface area contributed by atoms with Gasteiger partial charge in [0.15, 0.2) is 0 Å². The van der Waals surface area contributed by atoms with Gasteiger partial charge < -0.3 is 10.2 Å². The number of rotatable bonds is 0. The second-order valence-corrected chi connectivity index (χ2v) is 9.42. The van der Waals surface area contributed by atoms with E-state index in [-0.39, 0.29) is 11.5 Å². The van der Waals surface area contributed by atoms with Crippen LogP contribution in [-0.2, 0) is 0 Å². The van der Waals surface area contributed by atoms with Crippen molar-refractivity contribution in [3.63, 3.8) is 0 Å². The lowest BCUT2D eigenvalue weighted by molar-refractivity contribution is -0.115. The van der Waals surface area contributed by atoms with Crippen molar-refractivity contribution in [3.8, 4) is 0 Å². The van der Waals surface area contributed by atoms with Crippen LogP contribution in [0.2, 0.25) is 0 Å². The maximum atomic E-state index is 10.9. The van der Waals surface area contributed by atoms with Gasteiger partial charge in [-0.25, -0.2) is 0 Å². The fraction of sp³-hybridized carbons (Fsp3) is 0.900. The molecule has 2 N–H and O–H groups in total. The van der Waals surface area contributed by atoms with Crippen molar-refractivity contribution >= 4 is 0 Å². The molecule has 0 radical (unpaired) electrons. The summed E-state index contributed by atoms with van der Waals surface area (Å²) >= 11 is 0. The molecule has 7 atom stereocenters. The van der Waals surface area contributed by atoms with Gasteiger partial charge in [0, 0.05) is 0 Å². The van der Waals surface area contributed by atoms with Crippen molar-refractivity contribution < 1.29 is 10.2 Å². The van der Waals surface area contributed by atoms with Crippen LogP contribution in [0.15, 0.2) is 11.6 Å². The van der Waals surface area contributed by atoms with Gasteiger partial charge in [0.05, 0.1) is 11.7 Å². The van der Waals surface area contributed by atoms with E-state index in [4.69, 9.17) is 0 Å². The first kappa shape index (κ1) is 15.2. The Morgan fingerprint density at radius 3 is 2.50 bits per heavy atom. The molecule has 0 bridgehead atoms. The lowest BCUT2D eigenvalue weighted by atomic mass is 9.47. The molecule has 4 rings (SSSR count). The summed E-state index contributed by atoms with van der Waals surface area (Å²) in [6.45, 7) is 6.90. The first-order valence-corrected chi connectivity index (χ1v) is 9.38. The molecule has 0 aromatic carbocycles. The van der Waals surface area contributed by atoms with Crippen LogP contribution < -0.4 is 0 Å². The van der Waals surface area contributed by atoms with Crippen LogP contribution in [0.25, 0.3) is 0 Å². The molecule has 22 heavy (non-hydrogen) atoms. The molecule has 2 heteroatoms. The van der Waals surface area contributed by atoms with Gasteiger partial charge in [-0.05, 0) is 86.9 Å². The number of allylic oxidation sites excluding steroid dienone is 1. The molecule has 2 nitrogen and oxygen atoms in total. The van der Waals surface area contributed by atoms with Gasteiger partial charge in [-0.2, -0.15) is 0 Å². The first-order valence-electron chi connectivity index (χ1n) is 9.38. The zero-order valence-corrected chi connectivity index (χ0v) is 14.4. The Hall–Kier alpha value is -0.340. The Kier molecular flexibility index (Phi) is 3.18. The van der Waals surface area contributed by atoms with Crippen LogP contribution in [-0.4, -0.2) is 21.9 Å². The van der Waals surface area contributed by atoms with E-state index in [1.807, 2.05) is 0 Å². The van der Waals surface area contributed by atoms with Crippen molar-refractivity contribution in [1.82, 2.24) is 0 Å². The lowest BCUT2D eigenvalue weighted by Crippen LogP contribution is -2.53. The van der Waals surface area contributed by atoms with Gasteiger partial charge in [0.2, 0.25) is 0 Å². The predicted octanol–water partition coefficient (Wildman–Crippen LogP) is 4.06. The highest BCUT2D eigenvalue weighted by molar-refractivity contribution is 5.26. The minimum Gasteiger partial charge on any atom is -0.393 e. The predicted molar refractivity (Wildman–Crippen MR) is 88.3 cm³/mol. The summed E-state index contributed by atoms with van der Waals surface area (Å²) in [5.74, 6) is 2.20. The van der Waals surface area contributed by atoms with Gasteiger partial charge in [-0.15, -0.1) is 0 Å². The summed E-state index contributed by atoms with van der Waals surface area (Å²) < 4.78 is 0. The fourth-order valence-electron chi connectivity index (χ4n) is 6.89. The zero-order valence-electron chi connectivity index (χ0n) is 14.4. The van der Waals surface area contributed by atoms with Crippen LogP contribution in [0.3, 0.4) is 0 Å². The van der Waals surface area contributed by atoms with Crippen LogP contribution >= 0.6 is 0 Å². The van der Waals surface area contributed by atoms with Crippen molar-refractivity contribution in [2.24, 2.45) is 28.6 Å². The Labute approximate surface area is 135 Å². The zero-order chi connectivity index (χ0) is 15.8. The third-order valence-electron chi connectivity index (χ3n) is 8.64. The molecule has 0 amide bonds. The summed E-state index contributed by atoms with van der Waals surface area (Å²) in [6.07, 6.45) is 11.2. The molecule has 0 aromatic heterocycles. The number of fused-ring (bicyclic) bond motifs is 5. The Morgan fingerprint density at radius 1 is 1.00 bits per heavy atom. The minimum atomic E-state index is -0.476. The van der Waals surface area contributed by atoms with E-state index in [2.05, 4.69) is 26.8 Å². The quantitative estimate of drug-likeness (QED) is 0.663. The van der Waals surface area contributed by atoms with Crippen molar-refractivity contribution in [1.29, 1.82) is 0 Å². The second kappa shape index (κ2) is 4.60. The average molecular weight is 304 g/mol. The second-order valence-electron chi connectivity index (χ2n) is 9.42. The summed E-state index contributed by atoms with van der Waals surface area (Å²) in [5.41, 5.74) is 1.50. The molecular weight excluding hydrogens is 272 g/mol. The van der Waals surface area contributed by atoms with E-state index >= 15 is 0 Å². The Bertz CT molecular complexity index is 508. The van der Waals surface area contributed by atoms with E-state index < -0.39 is 5.60 Å². The Morgan fingerprint density at radius 2 is 1.73 bits per heavy atom. The number of aliphatic hydroxyl groups excluding tert-OH is 1. The SMILES string of the molecule is CC1(O)CC[C@@H]2[C@@H]3CC=C4C[C@@H](O)CC[C@]4(C)[C@@H]3CC[C@@]21C. The van der Waals surface area contributed by atoms with Crippen molar-refractivity contribution in [2.45, 2.75) is 83.8 Å². The number of aliphatic hydroxyl groups is 2. The highest BCUT2D eigenvalue weighted by Crippen LogP contribution is 2.66. The van der Waals surface area contributed by atoms with E-state index in [1.54, 1.807) is 5.57 Å². The van der Waals surface area contributed by atoms with Crippen molar-refractivity contribution in [3.05, 3.63) is 11.6 Å². The molecule has 1 unspecified atom stereocenters. The largest absolute Gasteiger partial charge is 0.393 e. The van der Waals surface area contributed by atoms with Gasteiger partial charge >= 0.3 is 0 Å². The maximum absolute atomic E-state index is 10.9. The summed E-state index contributed by atoms with van der Waals surface area (Å²) in [7, 11) is 0. The number of hydrogen-bond donors (Lipinski definition) is 2. The van der Waals surface area contributed by atoms with E-state index in [9.17, 15) is 10.2 Å². The highest BCUT2D eigenvalue weighted by atomic mass is 16.3. The van der Waals surface area contributed by atoms with E-state index in [1.165, 1.54) is 25.7 Å². The molecule has 3 fully saturated rings. The molecule has 0 saturated heterocycles. The summed E-state index contributed by atoms with van der Waals surface area (Å²) in [4.78, 5) is 0. The Balaban J connectivity index is 1.69. The molecule has 4 aliphatic rings. The third kappa shape index (κ3) is 1.80. The molecular formula is C20H32O2. The van der Waals surface area contributed by atoms with Crippen molar-refractivity contribution in [2.75, 3.05) is 0 Å². The van der Waals surface area contributed by atoms with Crippen LogP contribution in [0.5, 0.6) is 0 Å². The topological polar surface area (TPSA) is 40.5 Å². The van der Waals surface area contributed by atoms with Gasteiger partial charge in [-0.3, -0.25) is 0 Å². The summed E-state index contributed by atoms with van der Waals surface area (Å²) in [5, 5.41) is 21.0. The third-order valence-corrected chi connectivity index (χ3v) is 8.64. The maximum Gasteiger partial charge on any atom is 0.0675 e. The van der Waals surface area contributed by atoms with Gasteiger partial charge in [-0.1, -0.05) is 25.5 Å². The summed E-state index contributed by atoms with van der Waals surface area (Å²) in [6, 6.07) is 0. The van der Waals surface area contributed by atoms with Gasteiger partial charge in [0.1, 0.15) is 0 Å². The molecule has 3 saturated carbocycles.